The number of aliphatic carboxylic acids is 1. The van der Waals surface area contributed by atoms with E-state index >= 15 is 0 Å². The highest BCUT2D eigenvalue weighted by atomic mass is 32.2. The van der Waals surface area contributed by atoms with Crippen molar-refractivity contribution >= 4 is 26.9 Å². The maximum Gasteiger partial charge on any atom is 0.321 e. The highest BCUT2D eigenvalue weighted by molar-refractivity contribution is 7.89. The first kappa shape index (κ1) is 16.4. The first-order chi connectivity index (χ1) is 10.4. The Bertz CT molecular complexity index is 774. The summed E-state index contributed by atoms with van der Waals surface area (Å²) in [6, 6.07) is 6.88. The maximum absolute atomic E-state index is 12.4. The Morgan fingerprint density at radius 1 is 1.36 bits per heavy atom. The molecule has 0 bridgehead atoms. The van der Waals surface area contributed by atoms with Crippen LogP contribution in [0.3, 0.4) is 0 Å². The number of hydrogen-bond donors (Lipinski definition) is 2. The Morgan fingerprint density at radius 2 is 2.14 bits per heavy atom. The molecule has 0 spiro atoms. The minimum atomic E-state index is -3.89. The maximum atomic E-state index is 12.4. The van der Waals surface area contributed by atoms with Crippen LogP contribution < -0.4 is 4.72 Å². The van der Waals surface area contributed by atoms with Crippen LogP contribution in [0, 0.1) is 0 Å². The summed E-state index contributed by atoms with van der Waals surface area (Å²) in [5.74, 6) is -1.17. The average molecular weight is 322 g/mol. The molecule has 0 unspecified atom stereocenters. The standard InChI is InChI=1S/C15H18N2O4S/c1-2-3-6-14(15(18)19)17-22(20,21)12-7-8-13-11(10-12)5-4-9-16-13/h4-5,7-10,14,17H,2-3,6H2,1H3,(H,18,19)/t14-/m0/s1. The number of rotatable bonds is 7. The van der Waals surface area contributed by atoms with E-state index in [0.29, 0.717) is 17.3 Å². The van der Waals surface area contributed by atoms with Crippen LogP contribution in [-0.2, 0) is 14.8 Å². The van der Waals surface area contributed by atoms with E-state index in [0.717, 1.165) is 6.42 Å². The molecule has 22 heavy (non-hydrogen) atoms. The lowest BCUT2D eigenvalue weighted by molar-refractivity contribution is -0.139. The monoisotopic (exact) mass is 322 g/mol. The summed E-state index contributed by atoms with van der Waals surface area (Å²) in [5.41, 5.74) is 0.683. The van der Waals surface area contributed by atoms with Crippen LogP contribution in [0.5, 0.6) is 0 Å². The van der Waals surface area contributed by atoms with Gasteiger partial charge in [-0.3, -0.25) is 9.78 Å². The third-order valence-electron chi connectivity index (χ3n) is 3.33. The van der Waals surface area contributed by atoms with E-state index in [-0.39, 0.29) is 11.3 Å². The molecule has 0 saturated carbocycles. The molecule has 118 valence electrons. The molecule has 0 saturated heterocycles. The largest absolute Gasteiger partial charge is 0.480 e. The average Bonchev–Trinajstić information content (AvgIpc) is 2.50. The number of carboxylic acids is 1. The number of nitrogens with one attached hydrogen (secondary N) is 1. The van der Waals surface area contributed by atoms with Gasteiger partial charge in [0.05, 0.1) is 10.4 Å². The number of carbonyl (C=O) groups is 1. The third kappa shape index (κ3) is 3.80. The van der Waals surface area contributed by atoms with E-state index < -0.39 is 22.0 Å². The van der Waals surface area contributed by atoms with Crippen molar-refractivity contribution in [3.8, 4) is 0 Å². The summed E-state index contributed by atoms with van der Waals surface area (Å²) in [7, 11) is -3.89. The van der Waals surface area contributed by atoms with Crippen molar-refractivity contribution in [2.45, 2.75) is 37.1 Å². The van der Waals surface area contributed by atoms with E-state index in [1.807, 2.05) is 6.92 Å². The first-order valence-corrected chi connectivity index (χ1v) is 8.52. The molecular formula is C15H18N2O4S. The number of fused-ring (bicyclic) bond motifs is 1. The van der Waals surface area contributed by atoms with Crippen molar-refractivity contribution < 1.29 is 18.3 Å². The number of aromatic nitrogens is 1. The molecule has 0 aliphatic heterocycles. The van der Waals surface area contributed by atoms with Crippen LogP contribution in [0.25, 0.3) is 10.9 Å². The summed E-state index contributed by atoms with van der Waals surface area (Å²) < 4.78 is 27.0. The fourth-order valence-electron chi connectivity index (χ4n) is 2.12. The van der Waals surface area contributed by atoms with Gasteiger partial charge >= 0.3 is 5.97 Å². The van der Waals surface area contributed by atoms with Crippen molar-refractivity contribution in [3.05, 3.63) is 36.5 Å². The molecule has 0 aliphatic carbocycles. The SMILES string of the molecule is CCCC[C@H](NS(=O)(=O)c1ccc2ncccc2c1)C(=O)O. The van der Waals surface area contributed by atoms with Gasteiger partial charge in [0.15, 0.2) is 0 Å². The lowest BCUT2D eigenvalue weighted by Crippen LogP contribution is -2.40. The number of unbranched alkanes of at least 4 members (excludes halogenated alkanes) is 1. The van der Waals surface area contributed by atoms with Crippen molar-refractivity contribution in [2.24, 2.45) is 0 Å². The van der Waals surface area contributed by atoms with Crippen LogP contribution in [-0.4, -0.2) is 30.5 Å². The van der Waals surface area contributed by atoms with Crippen molar-refractivity contribution in [1.82, 2.24) is 9.71 Å². The molecule has 1 atom stereocenters. The Balaban J connectivity index is 2.28. The number of carboxylic acid groups (broad SMARTS) is 1. The highest BCUT2D eigenvalue weighted by Crippen LogP contribution is 2.18. The Kier molecular flexibility index (Phi) is 5.10. The molecule has 0 radical (unpaired) electrons. The van der Waals surface area contributed by atoms with Gasteiger partial charge in [0.25, 0.3) is 0 Å². The summed E-state index contributed by atoms with van der Waals surface area (Å²) in [6.45, 7) is 1.92. The molecule has 1 aromatic carbocycles. The lowest BCUT2D eigenvalue weighted by atomic mass is 10.1. The van der Waals surface area contributed by atoms with E-state index in [1.54, 1.807) is 24.4 Å². The van der Waals surface area contributed by atoms with Gasteiger partial charge in [-0.15, -0.1) is 0 Å². The Labute approximate surface area is 129 Å². The molecule has 2 rings (SSSR count). The number of benzene rings is 1. The minimum Gasteiger partial charge on any atom is -0.480 e. The lowest BCUT2D eigenvalue weighted by Gasteiger charge is -2.14. The second-order valence-corrected chi connectivity index (χ2v) is 6.73. The molecule has 1 aromatic heterocycles. The van der Waals surface area contributed by atoms with Crippen molar-refractivity contribution in [3.63, 3.8) is 0 Å². The second kappa shape index (κ2) is 6.85. The number of sulfonamides is 1. The number of nitrogens with zero attached hydrogens (tertiary/aromatic N) is 1. The minimum absolute atomic E-state index is 0.0377. The molecule has 2 aromatic rings. The van der Waals surface area contributed by atoms with Crippen molar-refractivity contribution in [1.29, 1.82) is 0 Å². The summed E-state index contributed by atoms with van der Waals surface area (Å²) >= 11 is 0. The molecular weight excluding hydrogens is 304 g/mol. The first-order valence-electron chi connectivity index (χ1n) is 7.04. The van der Waals surface area contributed by atoms with E-state index in [9.17, 15) is 13.2 Å². The van der Waals surface area contributed by atoms with Gasteiger partial charge in [0.2, 0.25) is 10.0 Å². The zero-order valence-corrected chi connectivity index (χ0v) is 13.0. The predicted molar refractivity (Wildman–Crippen MR) is 83.0 cm³/mol. The third-order valence-corrected chi connectivity index (χ3v) is 4.80. The molecule has 0 aliphatic rings. The van der Waals surface area contributed by atoms with Crippen LogP contribution >= 0.6 is 0 Å². The topological polar surface area (TPSA) is 96.4 Å². The molecule has 0 fully saturated rings. The van der Waals surface area contributed by atoms with E-state index in [2.05, 4.69) is 9.71 Å². The smallest absolute Gasteiger partial charge is 0.321 e. The van der Waals surface area contributed by atoms with Crippen LogP contribution in [0.1, 0.15) is 26.2 Å². The number of pyridine rings is 1. The van der Waals surface area contributed by atoms with Gasteiger partial charge in [-0.25, -0.2) is 8.42 Å². The summed E-state index contributed by atoms with van der Waals surface area (Å²) in [6.07, 6.45) is 3.33. The van der Waals surface area contributed by atoms with Gasteiger partial charge < -0.3 is 5.11 Å². The van der Waals surface area contributed by atoms with Crippen LogP contribution in [0.4, 0.5) is 0 Å². The van der Waals surface area contributed by atoms with Gasteiger partial charge in [-0.2, -0.15) is 4.72 Å². The zero-order valence-electron chi connectivity index (χ0n) is 12.2. The Morgan fingerprint density at radius 3 is 2.82 bits per heavy atom. The number of hydrogen-bond acceptors (Lipinski definition) is 4. The summed E-state index contributed by atoms with van der Waals surface area (Å²) in [4.78, 5) is 15.4. The van der Waals surface area contributed by atoms with Crippen LogP contribution in [0.15, 0.2) is 41.4 Å². The molecule has 1 heterocycles. The fraction of sp³-hybridized carbons (Fsp3) is 0.333. The van der Waals surface area contributed by atoms with Crippen molar-refractivity contribution in [2.75, 3.05) is 0 Å². The summed E-state index contributed by atoms with van der Waals surface area (Å²) in [5, 5.41) is 9.83. The predicted octanol–water partition coefficient (Wildman–Crippen LogP) is 2.16. The molecule has 7 heteroatoms. The normalized spacial score (nSPS) is 13.1. The zero-order chi connectivity index (χ0) is 16.2. The second-order valence-electron chi connectivity index (χ2n) is 5.01. The molecule has 0 amide bonds. The van der Waals surface area contributed by atoms with Crippen LogP contribution in [0.2, 0.25) is 0 Å². The highest BCUT2D eigenvalue weighted by Gasteiger charge is 2.25. The van der Waals surface area contributed by atoms with Gasteiger partial charge in [0.1, 0.15) is 6.04 Å². The molecule has 6 nitrogen and oxygen atoms in total. The van der Waals surface area contributed by atoms with E-state index in [4.69, 9.17) is 5.11 Å². The quantitative estimate of drug-likeness (QED) is 0.814. The van der Waals surface area contributed by atoms with Gasteiger partial charge in [-0.05, 0) is 30.7 Å². The molecule has 2 N–H and O–H groups in total. The fourth-order valence-corrected chi connectivity index (χ4v) is 3.38. The van der Waals surface area contributed by atoms with Gasteiger partial charge in [0, 0.05) is 11.6 Å². The Hall–Kier alpha value is -1.99. The van der Waals surface area contributed by atoms with Gasteiger partial charge in [-0.1, -0.05) is 25.8 Å². The van der Waals surface area contributed by atoms with E-state index in [1.165, 1.54) is 12.1 Å².